The molecule has 0 amide bonds. The quantitative estimate of drug-likeness (QED) is 0.845. The molecule has 0 saturated carbocycles. The smallest absolute Gasteiger partial charge is 0.224 e. The molecule has 4 nitrogen and oxygen atoms in total. The average molecular weight is 274 g/mol. The van der Waals surface area contributed by atoms with E-state index in [4.69, 9.17) is 0 Å². The Morgan fingerprint density at radius 1 is 1.20 bits per heavy atom. The lowest BCUT2D eigenvalue weighted by Crippen LogP contribution is -2.10. The van der Waals surface area contributed by atoms with Crippen molar-refractivity contribution in [2.75, 3.05) is 17.2 Å². The molecule has 0 aliphatic carbocycles. The molecule has 0 aliphatic rings. The van der Waals surface area contributed by atoms with Crippen LogP contribution < -0.4 is 10.6 Å². The van der Waals surface area contributed by atoms with Gasteiger partial charge in [0.25, 0.3) is 0 Å². The molecule has 0 radical (unpaired) electrons. The second kappa shape index (κ2) is 6.84. The minimum Gasteiger partial charge on any atom is -0.363 e. The topological polar surface area (TPSA) is 49.8 Å². The van der Waals surface area contributed by atoms with Crippen molar-refractivity contribution in [2.45, 2.75) is 26.3 Å². The number of aromatic nitrogens is 2. The van der Waals surface area contributed by atoms with Crippen LogP contribution in [0.4, 0.5) is 16.2 Å². The van der Waals surface area contributed by atoms with Crippen LogP contribution in [0.2, 0.25) is 0 Å². The Morgan fingerprint density at radius 3 is 2.65 bits per heavy atom. The lowest BCUT2D eigenvalue weighted by Gasteiger charge is -2.15. The predicted octanol–water partition coefficient (Wildman–Crippen LogP) is 3.61. The van der Waals surface area contributed by atoms with Gasteiger partial charge in [0.2, 0.25) is 5.95 Å². The Balaban J connectivity index is 2.03. The van der Waals surface area contributed by atoms with Gasteiger partial charge in [-0.2, -0.15) is 4.98 Å². The van der Waals surface area contributed by atoms with Crippen LogP contribution in [-0.2, 0) is 0 Å². The Labute approximate surface area is 118 Å². The summed E-state index contributed by atoms with van der Waals surface area (Å²) in [7, 11) is 0. The van der Waals surface area contributed by atoms with E-state index >= 15 is 0 Å². The zero-order valence-corrected chi connectivity index (χ0v) is 11.7. The molecular formula is C15H19FN4. The highest BCUT2D eigenvalue weighted by molar-refractivity contribution is 5.41. The lowest BCUT2D eigenvalue weighted by atomic mass is 10.1. The molecule has 2 rings (SSSR count). The summed E-state index contributed by atoms with van der Waals surface area (Å²) in [5.74, 6) is 1.13. The molecule has 106 valence electrons. The van der Waals surface area contributed by atoms with Gasteiger partial charge in [-0.3, -0.25) is 0 Å². The van der Waals surface area contributed by atoms with Gasteiger partial charge in [0.05, 0.1) is 0 Å². The monoisotopic (exact) mass is 274 g/mol. The second-order valence-electron chi connectivity index (χ2n) is 4.61. The average Bonchev–Trinajstić information content (AvgIpc) is 2.46. The highest BCUT2D eigenvalue weighted by Crippen LogP contribution is 2.18. The second-order valence-corrected chi connectivity index (χ2v) is 4.61. The summed E-state index contributed by atoms with van der Waals surface area (Å²) in [6.45, 7) is 4.94. The van der Waals surface area contributed by atoms with E-state index in [2.05, 4.69) is 27.5 Å². The van der Waals surface area contributed by atoms with Gasteiger partial charge in [-0.05, 0) is 37.1 Å². The van der Waals surface area contributed by atoms with Crippen LogP contribution in [0.5, 0.6) is 0 Å². The van der Waals surface area contributed by atoms with Crippen molar-refractivity contribution in [2.24, 2.45) is 0 Å². The van der Waals surface area contributed by atoms with Crippen LogP contribution in [0.1, 0.15) is 31.9 Å². The number of benzene rings is 1. The number of hydrogen-bond acceptors (Lipinski definition) is 4. The highest BCUT2D eigenvalue weighted by atomic mass is 19.1. The molecule has 1 aromatic carbocycles. The first-order valence-electron chi connectivity index (χ1n) is 6.78. The highest BCUT2D eigenvalue weighted by Gasteiger charge is 2.07. The summed E-state index contributed by atoms with van der Waals surface area (Å²) in [6, 6.07) is 8.32. The van der Waals surface area contributed by atoms with E-state index in [-0.39, 0.29) is 11.9 Å². The number of anilines is 2. The van der Waals surface area contributed by atoms with E-state index in [9.17, 15) is 4.39 Å². The summed E-state index contributed by atoms with van der Waals surface area (Å²) in [6.07, 6.45) is 2.73. The molecule has 0 aliphatic heterocycles. The van der Waals surface area contributed by atoms with Gasteiger partial charge in [-0.25, -0.2) is 9.37 Å². The number of nitrogens with zero attached hydrogens (tertiary/aromatic N) is 2. The van der Waals surface area contributed by atoms with Crippen molar-refractivity contribution in [1.29, 1.82) is 0 Å². The first-order valence-corrected chi connectivity index (χ1v) is 6.78. The number of rotatable bonds is 6. The molecule has 0 fully saturated rings. The lowest BCUT2D eigenvalue weighted by molar-refractivity contribution is 0.626. The Morgan fingerprint density at radius 2 is 1.95 bits per heavy atom. The zero-order chi connectivity index (χ0) is 14.4. The first-order chi connectivity index (χ1) is 9.69. The van der Waals surface area contributed by atoms with Crippen molar-refractivity contribution < 1.29 is 4.39 Å². The van der Waals surface area contributed by atoms with Crippen molar-refractivity contribution in [3.63, 3.8) is 0 Å². The Bertz CT molecular complexity index is 542. The van der Waals surface area contributed by atoms with Gasteiger partial charge < -0.3 is 10.6 Å². The van der Waals surface area contributed by atoms with E-state index in [0.717, 1.165) is 24.3 Å². The Hall–Kier alpha value is -2.17. The largest absolute Gasteiger partial charge is 0.363 e. The van der Waals surface area contributed by atoms with Gasteiger partial charge in [0.1, 0.15) is 11.6 Å². The molecule has 0 spiro atoms. The van der Waals surface area contributed by atoms with E-state index in [0.29, 0.717) is 5.95 Å². The molecular weight excluding hydrogens is 255 g/mol. The van der Waals surface area contributed by atoms with Gasteiger partial charge in [0, 0.05) is 18.8 Å². The van der Waals surface area contributed by atoms with Crippen molar-refractivity contribution in [3.05, 3.63) is 47.9 Å². The summed E-state index contributed by atoms with van der Waals surface area (Å²) >= 11 is 0. The van der Waals surface area contributed by atoms with Gasteiger partial charge >= 0.3 is 0 Å². The SMILES string of the molecule is CCCNc1nccc(NC(C)c2ccc(F)cc2)n1. The van der Waals surface area contributed by atoms with Crippen LogP contribution >= 0.6 is 0 Å². The summed E-state index contributed by atoms with van der Waals surface area (Å²) in [5, 5.41) is 6.42. The van der Waals surface area contributed by atoms with E-state index in [1.807, 2.05) is 13.0 Å². The Kier molecular flexibility index (Phi) is 4.87. The van der Waals surface area contributed by atoms with Crippen LogP contribution in [0.3, 0.4) is 0 Å². The van der Waals surface area contributed by atoms with E-state index in [1.165, 1.54) is 12.1 Å². The van der Waals surface area contributed by atoms with E-state index < -0.39 is 0 Å². The molecule has 0 saturated heterocycles. The summed E-state index contributed by atoms with van der Waals surface area (Å²) < 4.78 is 12.9. The summed E-state index contributed by atoms with van der Waals surface area (Å²) in [5.41, 5.74) is 1.01. The van der Waals surface area contributed by atoms with Crippen LogP contribution in [0.25, 0.3) is 0 Å². The van der Waals surface area contributed by atoms with Crippen LogP contribution in [0.15, 0.2) is 36.5 Å². The van der Waals surface area contributed by atoms with Crippen molar-refractivity contribution in [3.8, 4) is 0 Å². The predicted molar refractivity (Wildman–Crippen MR) is 79.3 cm³/mol. The molecule has 2 N–H and O–H groups in total. The molecule has 1 heterocycles. The first kappa shape index (κ1) is 14.2. The molecule has 1 atom stereocenters. The third-order valence-electron chi connectivity index (χ3n) is 2.92. The van der Waals surface area contributed by atoms with Crippen molar-refractivity contribution in [1.82, 2.24) is 9.97 Å². The third-order valence-corrected chi connectivity index (χ3v) is 2.92. The fourth-order valence-electron chi connectivity index (χ4n) is 1.82. The molecule has 1 unspecified atom stereocenters. The van der Waals surface area contributed by atoms with Crippen LogP contribution in [-0.4, -0.2) is 16.5 Å². The maximum Gasteiger partial charge on any atom is 0.224 e. The normalized spacial score (nSPS) is 11.9. The molecule has 1 aromatic heterocycles. The molecule has 2 aromatic rings. The minimum absolute atomic E-state index is 0.0459. The van der Waals surface area contributed by atoms with E-state index in [1.54, 1.807) is 18.3 Å². The fourth-order valence-corrected chi connectivity index (χ4v) is 1.82. The fraction of sp³-hybridized carbons (Fsp3) is 0.333. The zero-order valence-electron chi connectivity index (χ0n) is 11.7. The van der Waals surface area contributed by atoms with Crippen LogP contribution in [0, 0.1) is 5.82 Å². The minimum atomic E-state index is -0.228. The summed E-state index contributed by atoms with van der Waals surface area (Å²) in [4.78, 5) is 8.54. The van der Waals surface area contributed by atoms with Gasteiger partial charge in [-0.1, -0.05) is 19.1 Å². The molecule has 20 heavy (non-hydrogen) atoms. The standard InChI is InChI=1S/C15H19FN4/c1-3-9-17-15-18-10-8-14(20-15)19-11(2)12-4-6-13(16)7-5-12/h4-8,10-11H,3,9H2,1-2H3,(H2,17,18,19,20). The maximum absolute atomic E-state index is 12.9. The van der Waals surface area contributed by atoms with Gasteiger partial charge in [0.15, 0.2) is 0 Å². The number of hydrogen-bond donors (Lipinski definition) is 2. The number of halogens is 1. The third kappa shape index (κ3) is 3.91. The molecule has 5 heteroatoms. The number of nitrogens with one attached hydrogen (secondary N) is 2. The molecule has 0 bridgehead atoms. The van der Waals surface area contributed by atoms with Crippen molar-refractivity contribution >= 4 is 11.8 Å². The van der Waals surface area contributed by atoms with Gasteiger partial charge in [-0.15, -0.1) is 0 Å². The maximum atomic E-state index is 12.9.